The lowest BCUT2D eigenvalue weighted by Crippen LogP contribution is -2.41. The fraction of sp³-hybridized carbons (Fsp3) is 0.130. The molecule has 1 aliphatic rings. The summed E-state index contributed by atoms with van der Waals surface area (Å²) in [6.45, 7) is -0.317. The molecule has 1 aliphatic heterocycles. The lowest BCUT2D eigenvalue weighted by molar-refractivity contribution is -0.138. The zero-order chi connectivity index (χ0) is 21.1. The summed E-state index contributed by atoms with van der Waals surface area (Å²) < 4.78 is 5.64. The summed E-state index contributed by atoms with van der Waals surface area (Å²) in [4.78, 5) is 27.2. The molecule has 152 valence electrons. The topological polar surface area (TPSA) is 58.6 Å². The van der Waals surface area contributed by atoms with Crippen LogP contribution < -0.4 is 10.1 Å². The highest BCUT2D eigenvalue weighted by Gasteiger charge is 2.33. The minimum absolute atomic E-state index is 0.103. The van der Waals surface area contributed by atoms with E-state index in [-0.39, 0.29) is 25.0 Å². The van der Waals surface area contributed by atoms with Crippen molar-refractivity contribution in [2.24, 2.45) is 0 Å². The minimum atomic E-state index is -0.486. The van der Waals surface area contributed by atoms with E-state index in [4.69, 9.17) is 27.9 Å². The van der Waals surface area contributed by atoms with Gasteiger partial charge in [0.25, 0.3) is 5.91 Å². The summed E-state index contributed by atoms with van der Waals surface area (Å²) in [5.41, 5.74) is 2.25. The fourth-order valence-corrected chi connectivity index (χ4v) is 3.77. The molecule has 0 spiro atoms. The van der Waals surface area contributed by atoms with Crippen molar-refractivity contribution in [3.05, 3.63) is 94.0 Å². The van der Waals surface area contributed by atoms with Crippen LogP contribution in [-0.4, -0.2) is 29.9 Å². The Morgan fingerprint density at radius 1 is 1.00 bits per heavy atom. The van der Waals surface area contributed by atoms with Gasteiger partial charge in [-0.3, -0.25) is 9.59 Å². The number of ether oxygens (including phenoxy) is 1. The van der Waals surface area contributed by atoms with Crippen molar-refractivity contribution < 1.29 is 14.3 Å². The van der Waals surface area contributed by atoms with Crippen molar-refractivity contribution in [2.75, 3.05) is 18.5 Å². The summed E-state index contributed by atoms with van der Waals surface area (Å²) in [7, 11) is 0. The van der Waals surface area contributed by atoms with Gasteiger partial charge in [0.05, 0.1) is 6.04 Å². The normalized spacial score (nSPS) is 15.7. The Bertz CT molecular complexity index is 1070. The number of nitrogens with one attached hydrogen (secondary N) is 1. The van der Waals surface area contributed by atoms with E-state index in [2.05, 4.69) is 5.32 Å². The van der Waals surface area contributed by atoms with Gasteiger partial charge in [-0.1, -0.05) is 53.5 Å². The summed E-state index contributed by atoms with van der Waals surface area (Å²) in [5.74, 6) is -0.0784. The Morgan fingerprint density at radius 3 is 2.43 bits per heavy atom. The molecule has 1 N–H and O–H groups in total. The number of anilines is 1. The van der Waals surface area contributed by atoms with Crippen LogP contribution in [0, 0.1) is 0 Å². The predicted octanol–water partition coefficient (Wildman–Crippen LogP) is 4.94. The molecular weight excluding hydrogens is 423 g/mol. The minimum Gasteiger partial charge on any atom is -0.484 e. The van der Waals surface area contributed by atoms with E-state index < -0.39 is 6.04 Å². The summed E-state index contributed by atoms with van der Waals surface area (Å²) in [5, 5.41) is 3.97. The van der Waals surface area contributed by atoms with E-state index in [1.807, 2.05) is 30.3 Å². The van der Waals surface area contributed by atoms with Gasteiger partial charge in [0.2, 0.25) is 5.91 Å². The van der Waals surface area contributed by atoms with Crippen LogP contribution >= 0.6 is 23.2 Å². The van der Waals surface area contributed by atoms with Gasteiger partial charge in [-0.25, -0.2) is 0 Å². The first-order valence-corrected chi connectivity index (χ1v) is 10.1. The van der Waals surface area contributed by atoms with Crippen LogP contribution in [0.2, 0.25) is 10.0 Å². The molecule has 0 aliphatic carbocycles. The van der Waals surface area contributed by atoms with Crippen molar-refractivity contribution in [2.45, 2.75) is 6.04 Å². The van der Waals surface area contributed by atoms with Crippen LogP contribution in [0.5, 0.6) is 5.75 Å². The van der Waals surface area contributed by atoms with Crippen LogP contribution in [0.3, 0.4) is 0 Å². The van der Waals surface area contributed by atoms with Gasteiger partial charge in [0.15, 0.2) is 6.61 Å². The van der Waals surface area contributed by atoms with Crippen LogP contribution in [0.25, 0.3) is 0 Å². The Kier molecular flexibility index (Phi) is 5.93. The highest BCUT2D eigenvalue weighted by Crippen LogP contribution is 2.37. The smallest absolute Gasteiger partial charge is 0.261 e. The van der Waals surface area contributed by atoms with E-state index in [0.717, 1.165) is 11.1 Å². The largest absolute Gasteiger partial charge is 0.484 e. The Morgan fingerprint density at radius 2 is 1.70 bits per heavy atom. The van der Waals surface area contributed by atoms with Gasteiger partial charge in [-0.2, -0.15) is 0 Å². The summed E-state index contributed by atoms with van der Waals surface area (Å²) >= 11 is 12.1. The molecule has 0 saturated heterocycles. The third kappa shape index (κ3) is 4.42. The molecule has 0 radical (unpaired) electrons. The maximum atomic E-state index is 13.2. The van der Waals surface area contributed by atoms with E-state index in [9.17, 15) is 9.59 Å². The van der Waals surface area contributed by atoms with E-state index in [1.165, 1.54) is 4.90 Å². The number of benzene rings is 3. The molecule has 3 aromatic rings. The summed E-state index contributed by atoms with van der Waals surface area (Å²) in [6, 6.07) is 21.0. The highest BCUT2D eigenvalue weighted by atomic mass is 35.5. The Balaban J connectivity index is 1.69. The van der Waals surface area contributed by atoms with Crippen molar-refractivity contribution in [1.82, 2.24) is 4.90 Å². The zero-order valence-electron chi connectivity index (χ0n) is 15.8. The van der Waals surface area contributed by atoms with Crippen LogP contribution in [-0.2, 0) is 9.59 Å². The third-order valence-corrected chi connectivity index (χ3v) is 5.31. The SMILES string of the molecule is O=C1CN(C(=O)COc2ccc(Cl)cc2)[C@@H](c2ccccc2)c2cc(Cl)ccc2N1. The van der Waals surface area contributed by atoms with E-state index in [0.29, 0.717) is 21.5 Å². The number of amides is 2. The first kappa shape index (κ1) is 20.3. The number of hydrogen-bond donors (Lipinski definition) is 1. The quantitative estimate of drug-likeness (QED) is 0.624. The standard InChI is InChI=1S/C23H18Cl2N2O3/c24-16-6-9-18(10-7-16)30-14-22(29)27-13-21(28)26-20-11-8-17(25)12-19(20)23(27)15-4-2-1-3-5-15/h1-12,23H,13-14H2,(H,26,28)/t23-/m0/s1. The van der Waals surface area contributed by atoms with Gasteiger partial charge < -0.3 is 15.0 Å². The molecule has 1 heterocycles. The van der Waals surface area contributed by atoms with Gasteiger partial charge in [0, 0.05) is 21.3 Å². The van der Waals surface area contributed by atoms with Crippen LogP contribution in [0.4, 0.5) is 5.69 Å². The van der Waals surface area contributed by atoms with Crippen LogP contribution in [0.1, 0.15) is 17.2 Å². The number of nitrogens with zero attached hydrogens (tertiary/aromatic N) is 1. The summed E-state index contributed by atoms with van der Waals surface area (Å²) in [6.07, 6.45) is 0. The predicted molar refractivity (Wildman–Crippen MR) is 117 cm³/mol. The highest BCUT2D eigenvalue weighted by molar-refractivity contribution is 6.31. The molecule has 0 saturated carbocycles. The van der Waals surface area contributed by atoms with Crippen molar-refractivity contribution in [1.29, 1.82) is 0 Å². The molecule has 2 amide bonds. The average molecular weight is 441 g/mol. The number of halogens is 2. The monoisotopic (exact) mass is 440 g/mol. The maximum absolute atomic E-state index is 13.2. The second-order valence-corrected chi connectivity index (χ2v) is 7.73. The number of fused-ring (bicyclic) bond motifs is 1. The number of rotatable bonds is 4. The van der Waals surface area contributed by atoms with Gasteiger partial charge >= 0.3 is 0 Å². The molecule has 7 heteroatoms. The van der Waals surface area contributed by atoms with Crippen molar-refractivity contribution >= 4 is 40.7 Å². The molecule has 5 nitrogen and oxygen atoms in total. The Hall–Kier alpha value is -3.02. The molecule has 3 aromatic carbocycles. The third-order valence-electron chi connectivity index (χ3n) is 4.82. The molecule has 0 fully saturated rings. The van der Waals surface area contributed by atoms with Crippen LogP contribution in [0.15, 0.2) is 72.8 Å². The van der Waals surface area contributed by atoms with Crippen molar-refractivity contribution in [3.63, 3.8) is 0 Å². The van der Waals surface area contributed by atoms with Gasteiger partial charge in [-0.15, -0.1) is 0 Å². The number of hydrogen-bond acceptors (Lipinski definition) is 3. The van der Waals surface area contributed by atoms with Gasteiger partial charge in [0.1, 0.15) is 12.3 Å². The molecular formula is C23H18Cl2N2O3. The molecule has 0 bridgehead atoms. The number of carbonyl (C=O) groups is 2. The van der Waals surface area contributed by atoms with E-state index >= 15 is 0 Å². The van der Waals surface area contributed by atoms with Gasteiger partial charge in [-0.05, 0) is 48.0 Å². The second-order valence-electron chi connectivity index (χ2n) is 6.86. The Labute approximate surface area is 184 Å². The maximum Gasteiger partial charge on any atom is 0.261 e. The molecule has 0 unspecified atom stereocenters. The lowest BCUT2D eigenvalue weighted by Gasteiger charge is -2.30. The first-order valence-electron chi connectivity index (χ1n) is 9.33. The second kappa shape index (κ2) is 8.78. The molecule has 30 heavy (non-hydrogen) atoms. The first-order chi connectivity index (χ1) is 14.5. The molecule has 1 atom stereocenters. The molecule has 0 aromatic heterocycles. The average Bonchev–Trinajstić information content (AvgIpc) is 2.89. The zero-order valence-corrected chi connectivity index (χ0v) is 17.4. The fourth-order valence-electron chi connectivity index (χ4n) is 3.46. The molecule has 4 rings (SSSR count). The van der Waals surface area contributed by atoms with E-state index in [1.54, 1.807) is 42.5 Å². The lowest BCUT2D eigenvalue weighted by atomic mass is 9.96. The number of carbonyl (C=O) groups excluding carboxylic acids is 2. The van der Waals surface area contributed by atoms with Crippen molar-refractivity contribution in [3.8, 4) is 5.75 Å².